The third-order valence-electron chi connectivity index (χ3n) is 3.48. The molecule has 0 fully saturated rings. The Kier molecular flexibility index (Phi) is 4.26. The monoisotopic (exact) mass is 283 g/mol. The standard InChI is InChI=1S/C17H18FN3/c18-14-7-2-1-6-13(14)12-19-11-5-10-17-20-15-8-3-4-9-16(15)21-17/h1-4,6-9,19H,5,10-12H2,(H,20,21). The zero-order chi connectivity index (χ0) is 14.5. The summed E-state index contributed by atoms with van der Waals surface area (Å²) >= 11 is 0. The molecule has 0 bridgehead atoms. The SMILES string of the molecule is Fc1ccccc1CNCCCc1nc2ccccc2[nH]1. The van der Waals surface area contributed by atoms with Gasteiger partial charge in [-0.05, 0) is 31.2 Å². The Morgan fingerprint density at radius 1 is 1.05 bits per heavy atom. The first-order valence-corrected chi connectivity index (χ1v) is 7.21. The lowest BCUT2D eigenvalue weighted by Gasteiger charge is -2.05. The van der Waals surface area contributed by atoms with Crippen LogP contribution in [0.3, 0.4) is 0 Å². The van der Waals surface area contributed by atoms with Gasteiger partial charge in [0.1, 0.15) is 11.6 Å². The Balaban J connectivity index is 1.45. The Morgan fingerprint density at radius 3 is 2.71 bits per heavy atom. The number of hydrogen-bond acceptors (Lipinski definition) is 2. The molecule has 0 amide bonds. The minimum absolute atomic E-state index is 0.151. The summed E-state index contributed by atoms with van der Waals surface area (Å²) < 4.78 is 13.4. The lowest BCUT2D eigenvalue weighted by molar-refractivity contribution is 0.580. The first kappa shape index (κ1) is 13.8. The Labute approximate surface area is 123 Å². The third-order valence-corrected chi connectivity index (χ3v) is 3.48. The van der Waals surface area contributed by atoms with Crippen LogP contribution < -0.4 is 5.32 Å². The van der Waals surface area contributed by atoms with Crippen molar-refractivity contribution in [2.45, 2.75) is 19.4 Å². The van der Waals surface area contributed by atoms with E-state index in [0.29, 0.717) is 12.1 Å². The number of halogens is 1. The van der Waals surface area contributed by atoms with Crippen LogP contribution in [-0.2, 0) is 13.0 Å². The highest BCUT2D eigenvalue weighted by Crippen LogP contribution is 2.11. The first-order chi connectivity index (χ1) is 10.3. The van der Waals surface area contributed by atoms with Crippen LogP contribution in [0, 0.1) is 5.82 Å². The molecule has 3 nitrogen and oxygen atoms in total. The predicted octanol–water partition coefficient (Wildman–Crippen LogP) is 3.42. The number of nitrogens with one attached hydrogen (secondary N) is 2. The molecule has 2 aromatic carbocycles. The molecule has 3 rings (SSSR count). The maximum atomic E-state index is 13.4. The van der Waals surface area contributed by atoms with E-state index in [-0.39, 0.29) is 5.82 Å². The molecule has 21 heavy (non-hydrogen) atoms. The summed E-state index contributed by atoms with van der Waals surface area (Å²) in [7, 11) is 0. The van der Waals surface area contributed by atoms with Crippen molar-refractivity contribution in [3.05, 3.63) is 65.7 Å². The minimum atomic E-state index is -0.151. The molecular formula is C17H18FN3. The fraction of sp³-hybridized carbons (Fsp3) is 0.235. The van der Waals surface area contributed by atoms with Gasteiger partial charge in [-0.15, -0.1) is 0 Å². The third kappa shape index (κ3) is 3.47. The maximum absolute atomic E-state index is 13.4. The van der Waals surface area contributed by atoms with Crippen LogP contribution in [-0.4, -0.2) is 16.5 Å². The van der Waals surface area contributed by atoms with Gasteiger partial charge in [0.2, 0.25) is 0 Å². The number of hydrogen-bond donors (Lipinski definition) is 2. The molecule has 0 aliphatic carbocycles. The number of aromatic nitrogens is 2. The molecule has 0 aliphatic heterocycles. The lowest BCUT2D eigenvalue weighted by atomic mass is 10.2. The van der Waals surface area contributed by atoms with Crippen molar-refractivity contribution in [2.24, 2.45) is 0 Å². The van der Waals surface area contributed by atoms with Crippen molar-refractivity contribution in [1.82, 2.24) is 15.3 Å². The fourth-order valence-corrected chi connectivity index (χ4v) is 2.37. The van der Waals surface area contributed by atoms with E-state index in [9.17, 15) is 4.39 Å². The van der Waals surface area contributed by atoms with Crippen molar-refractivity contribution in [2.75, 3.05) is 6.54 Å². The van der Waals surface area contributed by atoms with Crippen molar-refractivity contribution in [1.29, 1.82) is 0 Å². The average molecular weight is 283 g/mol. The van der Waals surface area contributed by atoms with Gasteiger partial charge in [-0.2, -0.15) is 0 Å². The molecule has 1 heterocycles. The van der Waals surface area contributed by atoms with Crippen LogP contribution in [0.15, 0.2) is 48.5 Å². The van der Waals surface area contributed by atoms with Gasteiger partial charge in [-0.1, -0.05) is 30.3 Å². The molecule has 0 aliphatic rings. The van der Waals surface area contributed by atoms with Crippen molar-refractivity contribution >= 4 is 11.0 Å². The van der Waals surface area contributed by atoms with Crippen LogP contribution in [0.5, 0.6) is 0 Å². The molecule has 0 radical (unpaired) electrons. The van der Waals surface area contributed by atoms with Gasteiger partial charge in [0.15, 0.2) is 0 Å². The van der Waals surface area contributed by atoms with E-state index >= 15 is 0 Å². The second kappa shape index (κ2) is 6.50. The van der Waals surface area contributed by atoms with Crippen LogP contribution in [0.1, 0.15) is 17.8 Å². The number of H-pyrrole nitrogens is 1. The number of nitrogens with zero attached hydrogens (tertiary/aromatic N) is 1. The average Bonchev–Trinajstić information content (AvgIpc) is 2.91. The van der Waals surface area contributed by atoms with E-state index in [4.69, 9.17) is 0 Å². The zero-order valence-electron chi connectivity index (χ0n) is 11.8. The Hall–Kier alpha value is -2.20. The van der Waals surface area contributed by atoms with Crippen LogP contribution in [0.25, 0.3) is 11.0 Å². The van der Waals surface area contributed by atoms with Crippen LogP contribution >= 0.6 is 0 Å². The predicted molar refractivity (Wildman–Crippen MR) is 82.5 cm³/mol. The highest BCUT2D eigenvalue weighted by molar-refractivity contribution is 5.74. The van der Waals surface area contributed by atoms with E-state index in [1.54, 1.807) is 6.07 Å². The zero-order valence-corrected chi connectivity index (χ0v) is 11.8. The van der Waals surface area contributed by atoms with Crippen molar-refractivity contribution in [3.63, 3.8) is 0 Å². The first-order valence-electron chi connectivity index (χ1n) is 7.21. The van der Waals surface area contributed by atoms with Gasteiger partial charge in [-0.3, -0.25) is 0 Å². The summed E-state index contributed by atoms with van der Waals surface area (Å²) in [6.45, 7) is 1.40. The number of aromatic amines is 1. The van der Waals surface area contributed by atoms with E-state index in [1.807, 2.05) is 36.4 Å². The van der Waals surface area contributed by atoms with Gasteiger partial charge in [-0.25, -0.2) is 9.37 Å². The summed E-state index contributed by atoms with van der Waals surface area (Å²) in [6, 6.07) is 14.9. The summed E-state index contributed by atoms with van der Waals surface area (Å²) in [5, 5.41) is 3.26. The second-order valence-electron chi connectivity index (χ2n) is 5.07. The molecule has 0 spiro atoms. The number of benzene rings is 2. The fourth-order valence-electron chi connectivity index (χ4n) is 2.37. The second-order valence-corrected chi connectivity index (χ2v) is 5.07. The van der Waals surface area contributed by atoms with E-state index in [2.05, 4.69) is 15.3 Å². The van der Waals surface area contributed by atoms with Gasteiger partial charge in [0.25, 0.3) is 0 Å². The molecule has 0 saturated carbocycles. The molecule has 0 atom stereocenters. The topological polar surface area (TPSA) is 40.7 Å². The smallest absolute Gasteiger partial charge is 0.127 e. The highest BCUT2D eigenvalue weighted by atomic mass is 19.1. The number of para-hydroxylation sites is 2. The summed E-state index contributed by atoms with van der Waals surface area (Å²) in [6.07, 6.45) is 1.85. The number of aryl methyl sites for hydroxylation is 1. The quantitative estimate of drug-likeness (QED) is 0.680. The van der Waals surface area contributed by atoms with Crippen molar-refractivity contribution in [3.8, 4) is 0 Å². The van der Waals surface area contributed by atoms with Gasteiger partial charge in [0.05, 0.1) is 11.0 Å². The molecule has 4 heteroatoms. The molecule has 0 saturated heterocycles. The minimum Gasteiger partial charge on any atom is -0.342 e. The van der Waals surface area contributed by atoms with E-state index in [1.165, 1.54) is 6.07 Å². The molecule has 108 valence electrons. The Morgan fingerprint density at radius 2 is 1.86 bits per heavy atom. The lowest BCUT2D eigenvalue weighted by Crippen LogP contribution is -2.16. The van der Waals surface area contributed by atoms with Gasteiger partial charge >= 0.3 is 0 Å². The Bertz CT molecular complexity index is 688. The maximum Gasteiger partial charge on any atom is 0.127 e. The normalized spacial score (nSPS) is 11.1. The molecule has 0 unspecified atom stereocenters. The molecule has 2 N–H and O–H groups in total. The number of rotatable bonds is 6. The number of imidazole rings is 1. The van der Waals surface area contributed by atoms with Gasteiger partial charge in [0, 0.05) is 18.5 Å². The molecular weight excluding hydrogens is 265 g/mol. The van der Waals surface area contributed by atoms with Crippen LogP contribution in [0.2, 0.25) is 0 Å². The van der Waals surface area contributed by atoms with Crippen molar-refractivity contribution < 1.29 is 4.39 Å². The number of fused-ring (bicyclic) bond motifs is 1. The summed E-state index contributed by atoms with van der Waals surface area (Å²) in [5.41, 5.74) is 2.79. The molecule has 1 aromatic heterocycles. The van der Waals surface area contributed by atoms with E-state index in [0.717, 1.165) is 36.2 Å². The van der Waals surface area contributed by atoms with Crippen LogP contribution in [0.4, 0.5) is 4.39 Å². The molecule has 3 aromatic rings. The summed E-state index contributed by atoms with van der Waals surface area (Å²) in [5.74, 6) is 0.853. The largest absolute Gasteiger partial charge is 0.342 e. The highest BCUT2D eigenvalue weighted by Gasteiger charge is 2.02. The van der Waals surface area contributed by atoms with Gasteiger partial charge < -0.3 is 10.3 Å². The summed E-state index contributed by atoms with van der Waals surface area (Å²) in [4.78, 5) is 7.85. The van der Waals surface area contributed by atoms with E-state index < -0.39 is 0 Å².